The molecule has 0 aliphatic rings. The first-order chi connectivity index (χ1) is 12.5. The van der Waals surface area contributed by atoms with Gasteiger partial charge in [0.2, 0.25) is 12.0 Å². The second-order valence-electron chi connectivity index (χ2n) is 5.51. The van der Waals surface area contributed by atoms with E-state index in [-0.39, 0.29) is 32.9 Å². The van der Waals surface area contributed by atoms with Gasteiger partial charge >= 0.3 is 11.9 Å². The van der Waals surface area contributed by atoms with Gasteiger partial charge in [-0.15, -0.1) is 0 Å². The molecule has 2 aromatic rings. The molecule has 0 aliphatic carbocycles. The van der Waals surface area contributed by atoms with Gasteiger partial charge in [0, 0.05) is 6.07 Å². The smallest absolute Gasteiger partial charge is 0.416 e. The quantitative estimate of drug-likeness (QED) is 0.229. The van der Waals surface area contributed by atoms with Crippen LogP contribution in [0.5, 0.6) is 11.5 Å². The van der Waals surface area contributed by atoms with Gasteiger partial charge in [-0.1, -0.05) is 23.2 Å². The molecule has 6 nitrogen and oxygen atoms in total. The summed E-state index contributed by atoms with van der Waals surface area (Å²) in [6.07, 6.45) is -3.12. The molecule has 0 heterocycles. The van der Waals surface area contributed by atoms with Crippen molar-refractivity contribution in [2.75, 3.05) is 19.4 Å². The summed E-state index contributed by atoms with van der Waals surface area (Å²) in [6, 6.07) is 4.96. The lowest BCUT2D eigenvalue weighted by Crippen LogP contribution is -2.09. The van der Waals surface area contributed by atoms with Crippen LogP contribution in [-0.4, -0.2) is 29.9 Å². The number of alkyl halides is 3. The average Bonchev–Trinajstić information content (AvgIpc) is 2.55. The molecule has 2 aromatic carbocycles. The Morgan fingerprint density at radius 3 is 2.30 bits per heavy atom. The minimum Gasteiger partial charge on any atom is -0.454 e. The van der Waals surface area contributed by atoms with Crippen LogP contribution in [0.1, 0.15) is 5.56 Å². The molecule has 0 fully saturated rings. The summed E-state index contributed by atoms with van der Waals surface area (Å²) in [4.78, 5) is 10.6. The van der Waals surface area contributed by atoms with Gasteiger partial charge in [0.05, 0.1) is 29.6 Å². The Labute approximate surface area is 161 Å². The summed E-state index contributed by atoms with van der Waals surface area (Å²) in [7, 11) is 3.38. The average molecular weight is 423 g/mol. The molecule has 0 saturated heterocycles. The lowest BCUT2D eigenvalue weighted by molar-refractivity contribution is -0.459. The van der Waals surface area contributed by atoms with Crippen LogP contribution in [-0.2, 0) is 6.18 Å². The molecule has 0 unspecified atom stereocenters. The highest BCUT2D eigenvalue weighted by atomic mass is 35.5. The summed E-state index contributed by atoms with van der Waals surface area (Å²) in [6.45, 7) is 0. The van der Waals surface area contributed by atoms with E-state index in [2.05, 4.69) is 5.32 Å². The number of nitrogens with zero attached hydrogens (tertiary/aromatic N) is 2. The fourth-order valence-electron chi connectivity index (χ4n) is 1.99. The molecule has 0 spiro atoms. The molecule has 0 aliphatic heterocycles. The first-order valence-electron chi connectivity index (χ1n) is 7.28. The van der Waals surface area contributed by atoms with E-state index >= 15 is 0 Å². The number of hydrogen-bond acceptors (Lipinski definition) is 3. The standard InChI is InChI=1S/C16H12Cl2F3N3O3/c1-23(2)8-22-15-11(24(25)26)4-6-13(14(15)18)27-12-5-3-9(7-10(12)17)16(19,20)21/h3-8H,1-2H3/p+1. The van der Waals surface area contributed by atoms with Gasteiger partial charge in [0.1, 0.15) is 10.8 Å². The van der Waals surface area contributed by atoms with Crippen LogP contribution in [0, 0.1) is 10.1 Å². The maximum absolute atomic E-state index is 12.7. The largest absolute Gasteiger partial charge is 0.454 e. The van der Waals surface area contributed by atoms with Crippen molar-refractivity contribution >= 4 is 40.9 Å². The minimum atomic E-state index is -4.55. The van der Waals surface area contributed by atoms with Gasteiger partial charge < -0.3 is 4.74 Å². The topological polar surface area (TPSA) is 67.4 Å². The van der Waals surface area contributed by atoms with Crippen molar-refractivity contribution in [1.82, 2.24) is 0 Å². The molecule has 27 heavy (non-hydrogen) atoms. The monoisotopic (exact) mass is 422 g/mol. The number of ether oxygens (including phenoxy) is 1. The van der Waals surface area contributed by atoms with Gasteiger partial charge in [0.25, 0.3) is 0 Å². The van der Waals surface area contributed by atoms with Crippen LogP contribution in [0.3, 0.4) is 0 Å². The third kappa shape index (κ3) is 5.01. The molecule has 2 rings (SSSR count). The Balaban J connectivity index is 2.44. The number of hydrogen-bond donors (Lipinski definition) is 1. The summed E-state index contributed by atoms with van der Waals surface area (Å²) in [5.41, 5.74) is -1.27. The molecule has 0 bridgehead atoms. The molecule has 0 aromatic heterocycles. The summed E-state index contributed by atoms with van der Waals surface area (Å²) in [5.74, 6) is -0.0958. The maximum atomic E-state index is 12.7. The Morgan fingerprint density at radius 1 is 1.15 bits per heavy atom. The first-order valence-corrected chi connectivity index (χ1v) is 8.04. The summed E-state index contributed by atoms with van der Waals surface area (Å²) >= 11 is 12.1. The predicted octanol–water partition coefficient (Wildman–Crippen LogP) is 5.43. The SMILES string of the molecule is C[N+](C)=CNc1c([N+](=O)[O-])ccc(Oc2ccc(C(F)(F)F)cc2Cl)c1Cl. The second-order valence-corrected chi connectivity index (χ2v) is 6.30. The highest BCUT2D eigenvalue weighted by Gasteiger charge is 2.31. The van der Waals surface area contributed by atoms with E-state index < -0.39 is 16.7 Å². The van der Waals surface area contributed by atoms with Crippen LogP contribution in [0.4, 0.5) is 24.5 Å². The van der Waals surface area contributed by atoms with Crippen molar-refractivity contribution in [3.05, 3.63) is 56.1 Å². The number of rotatable bonds is 5. The van der Waals surface area contributed by atoms with Gasteiger partial charge in [-0.3, -0.25) is 14.7 Å². The molecule has 0 amide bonds. The van der Waals surface area contributed by atoms with E-state index in [1.807, 2.05) is 0 Å². The molecule has 0 saturated carbocycles. The minimum absolute atomic E-state index is 0.0152. The molecule has 144 valence electrons. The normalized spacial score (nSPS) is 11.1. The third-order valence-electron chi connectivity index (χ3n) is 3.23. The van der Waals surface area contributed by atoms with E-state index in [0.29, 0.717) is 0 Å². The zero-order valence-corrected chi connectivity index (χ0v) is 15.5. The number of halogens is 5. The lowest BCUT2D eigenvalue weighted by Gasteiger charge is -2.12. The van der Waals surface area contributed by atoms with Crippen LogP contribution in [0.2, 0.25) is 10.0 Å². The third-order valence-corrected chi connectivity index (χ3v) is 3.90. The fraction of sp³-hybridized carbons (Fsp3) is 0.188. The molecule has 11 heteroatoms. The Kier molecular flexibility index (Phi) is 6.17. The molecular weight excluding hydrogens is 410 g/mol. The lowest BCUT2D eigenvalue weighted by atomic mass is 10.2. The number of benzene rings is 2. The van der Waals surface area contributed by atoms with Crippen molar-refractivity contribution in [1.29, 1.82) is 0 Å². The van der Waals surface area contributed by atoms with E-state index in [0.717, 1.165) is 24.3 Å². The van der Waals surface area contributed by atoms with Gasteiger partial charge in [0.15, 0.2) is 5.75 Å². The van der Waals surface area contributed by atoms with E-state index in [9.17, 15) is 23.3 Å². The van der Waals surface area contributed by atoms with Crippen LogP contribution >= 0.6 is 23.2 Å². The van der Waals surface area contributed by atoms with Crippen LogP contribution in [0.25, 0.3) is 0 Å². The number of nitro groups is 1. The van der Waals surface area contributed by atoms with Gasteiger partial charge in [-0.05, 0) is 24.3 Å². The summed E-state index contributed by atoms with van der Waals surface area (Å²) in [5, 5.41) is 13.5. The molecular formula is C16H13Cl2F3N3O3+. The Hall–Kier alpha value is -2.52. The highest BCUT2D eigenvalue weighted by Crippen LogP contribution is 2.43. The number of nitro benzene ring substituents is 1. The van der Waals surface area contributed by atoms with E-state index in [1.165, 1.54) is 12.4 Å². The Bertz CT molecular complexity index is 914. The van der Waals surface area contributed by atoms with E-state index in [4.69, 9.17) is 27.9 Å². The van der Waals surface area contributed by atoms with Crippen molar-refractivity contribution in [2.24, 2.45) is 0 Å². The van der Waals surface area contributed by atoms with Crippen LogP contribution < -0.4 is 10.1 Å². The fourth-order valence-corrected chi connectivity index (χ4v) is 2.46. The van der Waals surface area contributed by atoms with Crippen molar-refractivity contribution < 1.29 is 27.4 Å². The van der Waals surface area contributed by atoms with Crippen molar-refractivity contribution in [3.8, 4) is 11.5 Å². The first kappa shape index (κ1) is 20.8. The zero-order chi connectivity index (χ0) is 20.4. The molecule has 0 radical (unpaired) electrons. The van der Waals surface area contributed by atoms with Gasteiger partial charge in [-0.2, -0.15) is 13.2 Å². The second kappa shape index (κ2) is 8.01. The highest BCUT2D eigenvalue weighted by molar-refractivity contribution is 6.35. The maximum Gasteiger partial charge on any atom is 0.416 e. The summed E-state index contributed by atoms with van der Waals surface area (Å²) < 4.78 is 45.2. The van der Waals surface area contributed by atoms with Crippen molar-refractivity contribution in [3.63, 3.8) is 0 Å². The zero-order valence-electron chi connectivity index (χ0n) is 14.0. The number of nitrogens with one attached hydrogen (secondary N) is 1. The Morgan fingerprint density at radius 2 is 1.78 bits per heavy atom. The van der Waals surface area contributed by atoms with Gasteiger partial charge in [-0.25, -0.2) is 5.32 Å². The van der Waals surface area contributed by atoms with E-state index in [1.54, 1.807) is 18.7 Å². The molecule has 0 atom stereocenters. The van der Waals surface area contributed by atoms with Crippen LogP contribution in [0.15, 0.2) is 30.3 Å². The number of anilines is 1. The van der Waals surface area contributed by atoms with Crippen molar-refractivity contribution in [2.45, 2.75) is 6.18 Å². The molecule has 1 N–H and O–H groups in total. The predicted molar refractivity (Wildman–Crippen MR) is 96.4 cm³/mol.